The van der Waals surface area contributed by atoms with Crippen LogP contribution in [0.1, 0.15) is 32.8 Å². The van der Waals surface area contributed by atoms with Crippen molar-refractivity contribution in [1.82, 2.24) is 5.32 Å². The molecule has 0 bridgehead atoms. The van der Waals surface area contributed by atoms with Crippen molar-refractivity contribution >= 4 is 40.1 Å². The van der Waals surface area contributed by atoms with E-state index < -0.39 is 23.7 Å². The van der Waals surface area contributed by atoms with Gasteiger partial charge in [0.1, 0.15) is 22.8 Å². The summed E-state index contributed by atoms with van der Waals surface area (Å²) in [6.07, 6.45) is 2.96. The van der Waals surface area contributed by atoms with Gasteiger partial charge in [-0.15, -0.1) is 0 Å². The first-order chi connectivity index (χ1) is 19.2. The van der Waals surface area contributed by atoms with E-state index in [2.05, 4.69) is 53.8 Å². The number of alkyl carbamates (subject to hydrolysis) is 1. The van der Waals surface area contributed by atoms with Gasteiger partial charge in [0.2, 0.25) is 0 Å². The molecular formula is C34H31NO5. The minimum atomic E-state index is -1.12. The maximum absolute atomic E-state index is 11.9. The SMILES string of the molecule is CC(C)(C)OC(=O)NC(CC=Cc1ccc(-c2ccc(-c3cccc4c3oc3ccccc34)cc2)cc1)C(=O)O. The number of carbonyl (C=O) groups excluding carboxylic acids is 1. The van der Waals surface area contributed by atoms with Gasteiger partial charge in [-0.25, -0.2) is 9.59 Å². The number of nitrogens with one attached hydrogen (secondary N) is 1. The summed E-state index contributed by atoms with van der Waals surface area (Å²) in [5.74, 6) is -1.12. The third-order valence-electron chi connectivity index (χ3n) is 6.52. The molecule has 40 heavy (non-hydrogen) atoms. The summed E-state index contributed by atoms with van der Waals surface area (Å²) in [6, 6.07) is 29.7. The molecule has 0 aliphatic carbocycles. The van der Waals surface area contributed by atoms with Gasteiger partial charge in [-0.05, 0) is 55.5 Å². The van der Waals surface area contributed by atoms with Crippen LogP contribution in [0.3, 0.4) is 0 Å². The quantitative estimate of drug-likeness (QED) is 0.220. The van der Waals surface area contributed by atoms with E-state index in [0.717, 1.165) is 49.8 Å². The number of hydrogen-bond acceptors (Lipinski definition) is 4. The van der Waals surface area contributed by atoms with Gasteiger partial charge in [0.25, 0.3) is 0 Å². The summed E-state index contributed by atoms with van der Waals surface area (Å²) in [5, 5.41) is 14.1. The highest BCUT2D eigenvalue weighted by atomic mass is 16.6. The van der Waals surface area contributed by atoms with Crippen LogP contribution in [0.5, 0.6) is 0 Å². The molecule has 1 atom stereocenters. The summed E-state index contributed by atoms with van der Waals surface area (Å²) < 4.78 is 11.4. The number of furan rings is 1. The summed E-state index contributed by atoms with van der Waals surface area (Å²) >= 11 is 0. The van der Waals surface area contributed by atoms with Crippen LogP contribution >= 0.6 is 0 Å². The highest BCUT2D eigenvalue weighted by Crippen LogP contribution is 2.36. The lowest BCUT2D eigenvalue weighted by atomic mass is 9.98. The Labute approximate surface area is 232 Å². The number of ether oxygens (including phenoxy) is 1. The lowest BCUT2D eigenvalue weighted by Crippen LogP contribution is -2.43. The molecule has 4 aromatic carbocycles. The molecule has 6 heteroatoms. The topological polar surface area (TPSA) is 88.8 Å². The average molecular weight is 534 g/mol. The maximum Gasteiger partial charge on any atom is 0.408 e. The molecule has 0 saturated carbocycles. The van der Waals surface area contributed by atoms with Crippen LogP contribution in [0, 0.1) is 0 Å². The summed E-state index contributed by atoms with van der Waals surface area (Å²) in [5.41, 5.74) is 6.30. The number of amides is 1. The number of carbonyl (C=O) groups is 2. The first-order valence-electron chi connectivity index (χ1n) is 13.2. The molecule has 5 rings (SSSR count). The Balaban J connectivity index is 1.26. The van der Waals surface area contributed by atoms with Gasteiger partial charge < -0.3 is 19.6 Å². The summed E-state index contributed by atoms with van der Waals surface area (Å²) in [7, 11) is 0. The number of rotatable bonds is 7. The van der Waals surface area contributed by atoms with Crippen molar-refractivity contribution in [3.05, 3.63) is 103 Å². The fourth-order valence-electron chi connectivity index (χ4n) is 4.61. The molecule has 0 fully saturated rings. The Hall–Kier alpha value is -4.84. The number of hydrogen-bond donors (Lipinski definition) is 2. The average Bonchev–Trinajstić information content (AvgIpc) is 3.31. The number of benzene rings is 4. The highest BCUT2D eigenvalue weighted by molar-refractivity contribution is 6.09. The van der Waals surface area contributed by atoms with Gasteiger partial charge in [0, 0.05) is 16.3 Å². The second-order valence-electron chi connectivity index (χ2n) is 10.7. The fraction of sp³-hybridized carbons (Fsp3) is 0.176. The largest absolute Gasteiger partial charge is 0.480 e. The first kappa shape index (κ1) is 26.8. The molecule has 202 valence electrons. The Morgan fingerprint density at radius 1 is 0.850 bits per heavy atom. The van der Waals surface area contributed by atoms with Gasteiger partial charge in [0.15, 0.2) is 0 Å². The van der Waals surface area contributed by atoms with Crippen LogP contribution in [0.4, 0.5) is 4.79 Å². The van der Waals surface area contributed by atoms with E-state index in [9.17, 15) is 14.7 Å². The number of para-hydroxylation sites is 2. The highest BCUT2D eigenvalue weighted by Gasteiger charge is 2.23. The van der Waals surface area contributed by atoms with E-state index in [-0.39, 0.29) is 6.42 Å². The van der Waals surface area contributed by atoms with Crippen molar-refractivity contribution < 1.29 is 23.8 Å². The number of carboxylic acid groups (broad SMARTS) is 1. The fourth-order valence-corrected chi connectivity index (χ4v) is 4.61. The van der Waals surface area contributed by atoms with Crippen LogP contribution in [-0.4, -0.2) is 28.8 Å². The molecule has 1 amide bonds. The zero-order chi connectivity index (χ0) is 28.3. The van der Waals surface area contributed by atoms with E-state index >= 15 is 0 Å². The normalized spacial score (nSPS) is 12.6. The van der Waals surface area contributed by atoms with E-state index in [0.29, 0.717) is 0 Å². The van der Waals surface area contributed by atoms with Crippen molar-refractivity contribution in [2.24, 2.45) is 0 Å². The van der Waals surface area contributed by atoms with Crippen molar-refractivity contribution in [1.29, 1.82) is 0 Å². The zero-order valence-electron chi connectivity index (χ0n) is 22.7. The van der Waals surface area contributed by atoms with Gasteiger partial charge in [-0.2, -0.15) is 0 Å². The minimum Gasteiger partial charge on any atom is -0.480 e. The van der Waals surface area contributed by atoms with E-state index in [1.165, 1.54) is 0 Å². The molecule has 1 aromatic heterocycles. The van der Waals surface area contributed by atoms with E-state index in [1.54, 1.807) is 26.8 Å². The molecule has 2 N–H and O–H groups in total. The van der Waals surface area contributed by atoms with Crippen molar-refractivity contribution in [3.63, 3.8) is 0 Å². The van der Waals surface area contributed by atoms with E-state index in [4.69, 9.17) is 9.15 Å². The second-order valence-corrected chi connectivity index (χ2v) is 10.7. The van der Waals surface area contributed by atoms with Gasteiger partial charge in [-0.3, -0.25) is 0 Å². The van der Waals surface area contributed by atoms with Crippen molar-refractivity contribution in [2.75, 3.05) is 0 Å². The molecule has 1 heterocycles. The van der Waals surface area contributed by atoms with Crippen LogP contribution in [0.25, 0.3) is 50.3 Å². The monoisotopic (exact) mass is 533 g/mol. The number of aliphatic carboxylic acids is 1. The Morgan fingerprint density at radius 3 is 2.15 bits per heavy atom. The Bertz CT molecular complexity index is 1690. The molecule has 1 unspecified atom stereocenters. The van der Waals surface area contributed by atoms with Gasteiger partial charge in [-0.1, -0.05) is 97.1 Å². The van der Waals surface area contributed by atoms with Crippen LogP contribution in [0.2, 0.25) is 0 Å². The molecule has 0 saturated heterocycles. The molecule has 0 radical (unpaired) electrons. The molecular weight excluding hydrogens is 502 g/mol. The lowest BCUT2D eigenvalue weighted by molar-refractivity contribution is -0.139. The third-order valence-corrected chi connectivity index (χ3v) is 6.52. The summed E-state index contributed by atoms with van der Waals surface area (Å²) in [6.45, 7) is 5.18. The van der Waals surface area contributed by atoms with Crippen molar-refractivity contribution in [2.45, 2.75) is 38.8 Å². The van der Waals surface area contributed by atoms with Crippen LogP contribution in [0.15, 0.2) is 101 Å². The van der Waals surface area contributed by atoms with Crippen molar-refractivity contribution in [3.8, 4) is 22.3 Å². The smallest absolute Gasteiger partial charge is 0.408 e. The standard InChI is InChI=1S/C34H31NO5/c1-34(2,3)40-33(38)35-29(32(36)37)12-6-8-22-14-16-23(17-15-22)24-18-20-25(21-19-24)26-10-7-11-28-27-9-4-5-13-30(27)39-31(26)28/h4-11,13-21,29H,12H2,1-3H3,(H,35,38)(H,36,37). The van der Waals surface area contributed by atoms with E-state index in [1.807, 2.05) is 48.5 Å². The molecule has 0 spiro atoms. The number of carboxylic acids is 1. The molecule has 0 aliphatic rings. The van der Waals surface area contributed by atoms with Crippen LogP contribution in [-0.2, 0) is 9.53 Å². The predicted octanol–water partition coefficient (Wildman–Crippen LogP) is 8.30. The summed E-state index contributed by atoms with van der Waals surface area (Å²) in [4.78, 5) is 23.5. The molecule has 5 aromatic rings. The Morgan fingerprint density at radius 2 is 1.48 bits per heavy atom. The maximum atomic E-state index is 11.9. The first-order valence-corrected chi connectivity index (χ1v) is 13.2. The van der Waals surface area contributed by atoms with Gasteiger partial charge >= 0.3 is 12.1 Å². The third kappa shape index (κ3) is 6.07. The zero-order valence-corrected chi connectivity index (χ0v) is 22.7. The van der Waals surface area contributed by atoms with Gasteiger partial charge in [0.05, 0.1) is 0 Å². The molecule has 0 aliphatic heterocycles. The Kier molecular flexibility index (Phi) is 7.43. The molecule has 6 nitrogen and oxygen atoms in total. The second kappa shape index (κ2) is 11.1. The predicted molar refractivity (Wildman–Crippen MR) is 159 cm³/mol. The van der Waals surface area contributed by atoms with Crippen LogP contribution < -0.4 is 5.32 Å². The minimum absolute atomic E-state index is 0.135. The number of fused-ring (bicyclic) bond motifs is 3. The lowest BCUT2D eigenvalue weighted by Gasteiger charge is -2.21.